The Morgan fingerprint density at radius 3 is 2.65 bits per heavy atom. The lowest BCUT2D eigenvalue weighted by molar-refractivity contribution is -0.152. The van der Waals surface area contributed by atoms with Crippen molar-refractivity contribution in [3.63, 3.8) is 0 Å². The van der Waals surface area contributed by atoms with Gasteiger partial charge in [0.25, 0.3) is 0 Å². The summed E-state index contributed by atoms with van der Waals surface area (Å²) in [4.78, 5) is 25.6. The number of benzene rings is 1. The molecule has 0 spiro atoms. The minimum Gasteiger partial charge on any atom is -0.464 e. The summed E-state index contributed by atoms with van der Waals surface area (Å²) in [6.45, 7) is 4.14. The van der Waals surface area contributed by atoms with Crippen LogP contribution in [0.1, 0.15) is 38.2 Å². The summed E-state index contributed by atoms with van der Waals surface area (Å²) in [5.74, 6) is -0.119. The van der Waals surface area contributed by atoms with Crippen LogP contribution in [0.15, 0.2) is 27.6 Å². The molecule has 1 saturated carbocycles. The second-order valence-electron chi connectivity index (χ2n) is 5.76. The standard InChI is InChI=1S/C17H22BrNO3S/c1-3-22-16(21)17(8-4-5-9-17)19-15(20)11-23-14-7-6-13(18)10-12(14)2/h6-7,10H,3-5,8-9,11H2,1-2H3,(H,19,20). The molecule has 2 rings (SSSR count). The molecule has 1 aromatic rings. The Morgan fingerprint density at radius 2 is 2.04 bits per heavy atom. The summed E-state index contributed by atoms with van der Waals surface area (Å²) in [6.07, 6.45) is 3.22. The smallest absolute Gasteiger partial charge is 0.331 e. The number of rotatable bonds is 6. The number of thioether (sulfide) groups is 1. The predicted octanol–water partition coefficient (Wildman–Crippen LogP) is 3.84. The van der Waals surface area contributed by atoms with Gasteiger partial charge in [0.2, 0.25) is 5.91 Å². The average molecular weight is 400 g/mol. The van der Waals surface area contributed by atoms with Gasteiger partial charge in [-0.3, -0.25) is 4.79 Å². The molecule has 0 aromatic heterocycles. The lowest BCUT2D eigenvalue weighted by Crippen LogP contribution is -2.53. The third kappa shape index (κ3) is 4.73. The van der Waals surface area contributed by atoms with E-state index >= 15 is 0 Å². The van der Waals surface area contributed by atoms with Gasteiger partial charge < -0.3 is 10.1 Å². The maximum atomic E-state index is 12.3. The number of ether oxygens (including phenoxy) is 1. The normalized spacial score (nSPS) is 16.1. The average Bonchev–Trinajstić information content (AvgIpc) is 2.96. The molecule has 0 unspecified atom stereocenters. The summed E-state index contributed by atoms with van der Waals surface area (Å²) in [6, 6.07) is 5.98. The molecule has 0 bridgehead atoms. The van der Waals surface area contributed by atoms with Crippen molar-refractivity contribution in [1.82, 2.24) is 5.32 Å². The lowest BCUT2D eigenvalue weighted by Gasteiger charge is -2.27. The lowest BCUT2D eigenvalue weighted by atomic mass is 9.98. The first-order valence-electron chi connectivity index (χ1n) is 7.84. The Balaban J connectivity index is 1.96. The monoisotopic (exact) mass is 399 g/mol. The van der Waals surface area contributed by atoms with E-state index in [0.717, 1.165) is 27.8 Å². The van der Waals surface area contributed by atoms with Crippen LogP contribution in [0.2, 0.25) is 0 Å². The molecule has 1 amide bonds. The molecule has 1 N–H and O–H groups in total. The zero-order valence-corrected chi connectivity index (χ0v) is 15.9. The highest BCUT2D eigenvalue weighted by Gasteiger charge is 2.43. The molecule has 0 radical (unpaired) electrons. The third-order valence-corrected chi connectivity index (χ3v) is 5.67. The fourth-order valence-corrected chi connectivity index (χ4v) is 4.13. The zero-order valence-electron chi connectivity index (χ0n) is 13.5. The highest BCUT2D eigenvalue weighted by molar-refractivity contribution is 9.10. The van der Waals surface area contributed by atoms with Crippen molar-refractivity contribution in [2.45, 2.75) is 50.0 Å². The molecular formula is C17H22BrNO3S. The van der Waals surface area contributed by atoms with Gasteiger partial charge in [0.15, 0.2) is 0 Å². The van der Waals surface area contributed by atoms with Crippen LogP contribution in [-0.2, 0) is 14.3 Å². The number of nitrogens with one attached hydrogen (secondary N) is 1. The number of amides is 1. The van der Waals surface area contributed by atoms with Crippen molar-refractivity contribution in [3.05, 3.63) is 28.2 Å². The molecule has 126 valence electrons. The molecular weight excluding hydrogens is 378 g/mol. The fourth-order valence-electron chi connectivity index (χ4n) is 2.85. The number of carbonyl (C=O) groups excluding carboxylic acids is 2. The van der Waals surface area contributed by atoms with Crippen molar-refractivity contribution in [1.29, 1.82) is 0 Å². The molecule has 1 fully saturated rings. The van der Waals surface area contributed by atoms with E-state index in [4.69, 9.17) is 4.74 Å². The van der Waals surface area contributed by atoms with Gasteiger partial charge in [-0.1, -0.05) is 28.8 Å². The minimum absolute atomic E-state index is 0.118. The summed E-state index contributed by atoms with van der Waals surface area (Å²) < 4.78 is 6.18. The van der Waals surface area contributed by atoms with Crippen LogP contribution >= 0.6 is 27.7 Å². The molecule has 6 heteroatoms. The second kappa shape index (κ2) is 8.20. The molecule has 0 atom stereocenters. The third-order valence-electron chi connectivity index (χ3n) is 4.00. The first-order chi connectivity index (χ1) is 11.0. The van der Waals surface area contributed by atoms with E-state index in [1.165, 1.54) is 11.8 Å². The van der Waals surface area contributed by atoms with E-state index in [0.29, 0.717) is 25.2 Å². The van der Waals surface area contributed by atoms with Crippen molar-refractivity contribution >= 4 is 39.6 Å². The van der Waals surface area contributed by atoms with E-state index in [1.54, 1.807) is 6.92 Å². The maximum Gasteiger partial charge on any atom is 0.331 e. The Kier molecular flexibility index (Phi) is 6.53. The highest BCUT2D eigenvalue weighted by Crippen LogP contribution is 2.31. The van der Waals surface area contributed by atoms with Gasteiger partial charge in [-0.2, -0.15) is 0 Å². The molecule has 1 aromatic carbocycles. The Labute approximate surface area is 149 Å². The SMILES string of the molecule is CCOC(=O)C1(NC(=O)CSc2ccc(Br)cc2C)CCCC1. The van der Waals surface area contributed by atoms with Gasteiger partial charge >= 0.3 is 5.97 Å². The molecule has 0 aliphatic heterocycles. The number of aryl methyl sites for hydroxylation is 1. The molecule has 0 heterocycles. The number of hydrogen-bond donors (Lipinski definition) is 1. The van der Waals surface area contributed by atoms with Crippen LogP contribution in [0.5, 0.6) is 0 Å². The summed E-state index contributed by atoms with van der Waals surface area (Å²) in [5, 5.41) is 2.93. The van der Waals surface area contributed by atoms with Gasteiger partial charge in [-0.25, -0.2) is 4.79 Å². The van der Waals surface area contributed by atoms with Crippen LogP contribution in [-0.4, -0.2) is 29.8 Å². The van der Waals surface area contributed by atoms with Crippen LogP contribution in [0.3, 0.4) is 0 Å². The van der Waals surface area contributed by atoms with E-state index in [9.17, 15) is 9.59 Å². The van der Waals surface area contributed by atoms with E-state index in [2.05, 4.69) is 21.2 Å². The zero-order chi connectivity index (χ0) is 16.9. The Bertz CT molecular complexity index is 585. The van der Waals surface area contributed by atoms with Gasteiger partial charge in [0, 0.05) is 9.37 Å². The second-order valence-corrected chi connectivity index (χ2v) is 7.69. The Hall–Kier alpha value is -1.01. The van der Waals surface area contributed by atoms with E-state index < -0.39 is 5.54 Å². The fraction of sp³-hybridized carbons (Fsp3) is 0.529. The van der Waals surface area contributed by atoms with Crippen molar-refractivity contribution in [2.24, 2.45) is 0 Å². The molecule has 4 nitrogen and oxygen atoms in total. The van der Waals surface area contributed by atoms with Crippen LogP contribution in [0.25, 0.3) is 0 Å². The first kappa shape index (κ1) is 18.3. The van der Waals surface area contributed by atoms with E-state index in [-0.39, 0.29) is 11.9 Å². The van der Waals surface area contributed by atoms with Gasteiger partial charge in [-0.05, 0) is 50.5 Å². The number of carbonyl (C=O) groups is 2. The molecule has 0 saturated heterocycles. The largest absolute Gasteiger partial charge is 0.464 e. The quantitative estimate of drug-likeness (QED) is 0.582. The van der Waals surface area contributed by atoms with Gasteiger partial charge in [0.1, 0.15) is 5.54 Å². The minimum atomic E-state index is -0.817. The molecule has 1 aliphatic carbocycles. The van der Waals surface area contributed by atoms with Crippen LogP contribution in [0, 0.1) is 6.92 Å². The van der Waals surface area contributed by atoms with Crippen molar-refractivity contribution in [2.75, 3.05) is 12.4 Å². The maximum absolute atomic E-state index is 12.3. The van der Waals surface area contributed by atoms with E-state index in [1.807, 2.05) is 25.1 Å². The van der Waals surface area contributed by atoms with Gasteiger partial charge in [0.05, 0.1) is 12.4 Å². The number of halogens is 1. The van der Waals surface area contributed by atoms with Crippen LogP contribution < -0.4 is 5.32 Å². The number of esters is 1. The summed E-state index contributed by atoms with van der Waals surface area (Å²) in [7, 11) is 0. The van der Waals surface area contributed by atoms with Crippen molar-refractivity contribution in [3.8, 4) is 0 Å². The first-order valence-corrected chi connectivity index (χ1v) is 9.62. The summed E-state index contributed by atoms with van der Waals surface area (Å²) >= 11 is 4.92. The van der Waals surface area contributed by atoms with Gasteiger partial charge in [-0.15, -0.1) is 11.8 Å². The predicted molar refractivity (Wildman–Crippen MR) is 95.6 cm³/mol. The van der Waals surface area contributed by atoms with Crippen LogP contribution in [0.4, 0.5) is 0 Å². The molecule has 1 aliphatic rings. The summed E-state index contributed by atoms with van der Waals surface area (Å²) in [5.41, 5.74) is 0.306. The highest BCUT2D eigenvalue weighted by atomic mass is 79.9. The molecule has 23 heavy (non-hydrogen) atoms. The Morgan fingerprint density at radius 1 is 1.35 bits per heavy atom. The topological polar surface area (TPSA) is 55.4 Å². The van der Waals surface area contributed by atoms with Crippen molar-refractivity contribution < 1.29 is 14.3 Å². The number of hydrogen-bond acceptors (Lipinski definition) is 4.